The lowest BCUT2D eigenvalue weighted by Gasteiger charge is -2.16. The summed E-state index contributed by atoms with van der Waals surface area (Å²) in [5.74, 6) is -0.0118. The molecule has 1 heterocycles. The molecule has 0 N–H and O–H groups in total. The number of aliphatic imine (C=N–C) groups is 1. The molecule has 0 aliphatic carbocycles. The van der Waals surface area contributed by atoms with Gasteiger partial charge >= 0.3 is 0 Å². The first kappa shape index (κ1) is 11.5. The Labute approximate surface area is 103 Å². The van der Waals surface area contributed by atoms with E-state index >= 15 is 0 Å². The minimum Gasteiger partial charge on any atom is -0.286 e. The van der Waals surface area contributed by atoms with E-state index < -0.39 is 0 Å². The molecule has 1 aliphatic heterocycles. The van der Waals surface area contributed by atoms with Gasteiger partial charge in [0.05, 0.1) is 6.54 Å². The molecule has 0 fully saturated rings. The van der Waals surface area contributed by atoms with E-state index in [0.717, 1.165) is 5.17 Å². The average Bonchev–Trinajstić information content (AvgIpc) is 2.77. The smallest absolute Gasteiger partial charge is 0.259 e. The fourth-order valence-electron chi connectivity index (χ4n) is 1.54. The summed E-state index contributed by atoms with van der Waals surface area (Å²) in [6, 6.07) is 6.92. The van der Waals surface area contributed by atoms with Gasteiger partial charge in [-0.1, -0.05) is 23.4 Å². The highest BCUT2D eigenvalue weighted by molar-refractivity contribution is 8.13. The Hall–Kier alpha value is -1.00. The SMILES string of the molecule is CSC1=NCCN1C(=O)c1ccc(Cl)cc1. The molecule has 1 aromatic rings. The Bertz CT molecular complexity index is 430. The zero-order valence-electron chi connectivity index (χ0n) is 8.81. The van der Waals surface area contributed by atoms with Crippen molar-refractivity contribution in [1.82, 2.24) is 4.90 Å². The molecule has 1 aromatic carbocycles. The number of amides is 1. The molecule has 0 unspecified atom stereocenters. The van der Waals surface area contributed by atoms with Crippen LogP contribution in [-0.2, 0) is 0 Å². The Kier molecular flexibility index (Phi) is 3.51. The van der Waals surface area contributed by atoms with Crippen molar-refractivity contribution in [3.63, 3.8) is 0 Å². The highest BCUT2D eigenvalue weighted by Gasteiger charge is 2.23. The minimum absolute atomic E-state index is 0.0118. The largest absolute Gasteiger partial charge is 0.286 e. The van der Waals surface area contributed by atoms with Crippen LogP contribution in [0.2, 0.25) is 5.02 Å². The second-order valence-electron chi connectivity index (χ2n) is 3.33. The molecule has 0 bridgehead atoms. The number of amidine groups is 1. The Morgan fingerprint density at radius 1 is 1.44 bits per heavy atom. The third kappa shape index (κ3) is 2.23. The molecule has 1 aliphatic rings. The Morgan fingerprint density at radius 3 is 2.75 bits per heavy atom. The van der Waals surface area contributed by atoms with Gasteiger partial charge in [-0.15, -0.1) is 0 Å². The van der Waals surface area contributed by atoms with E-state index in [1.165, 1.54) is 11.8 Å². The van der Waals surface area contributed by atoms with Crippen molar-refractivity contribution in [3.8, 4) is 0 Å². The molecular weight excluding hydrogens is 244 g/mol. The predicted octanol–water partition coefficient (Wildman–Crippen LogP) is 2.51. The number of nitrogens with zero attached hydrogens (tertiary/aromatic N) is 2. The molecule has 1 amide bonds. The molecule has 0 saturated heterocycles. The fourth-order valence-corrected chi connectivity index (χ4v) is 2.28. The van der Waals surface area contributed by atoms with E-state index in [9.17, 15) is 4.79 Å². The number of thioether (sulfide) groups is 1. The summed E-state index contributed by atoms with van der Waals surface area (Å²) >= 11 is 7.27. The van der Waals surface area contributed by atoms with Crippen LogP contribution in [0, 0.1) is 0 Å². The van der Waals surface area contributed by atoms with Crippen LogP contribution in [0.5, 0.6) is 0 Å². The summed E-state index contributed by atoms with van der Waals surface area (Å²) < 4.78 is 0. The van der Waals surface area contributed by atoms with E-state index in [4.69, 9.17) is 11.6 Å². The first-order valence-electron chi connectivity index (χ1n) is 4.88. The highest BCUT2D eigenvalue weighted by Crippen LogP contribution is 2.17. The van der Waals surface area contributed by atoms with Gasteiger partial charge in [0, 0.05) is 17.1 Å². The number of hydrogen-bond donors (Lipinski definition) is 0. The number of halogens is 1. The van der Waals surface area contributed by atoms with Crippen molar-refractivity contribution in [1.29, 1.82) is 0 Å². The number of carbonyl (C=O) groups is 1. The van der Waals surface area contributed by atoms with Crippen molar-refractivity contribution in [2.24, 2.45) is 4.99 Å². The van der Waals surface area contributed by atoms with Crippen molar-refractivity contribution in [2.75, 3.05) is 19.3 Å². The summed E-state index contributed by atoms with van der Waals surface area (Å²) in [6.45, 7) is 1.35. The van der Waals surface area contributed by atoms with Crippen LogP contribution in [0.1, 0.15) is 10.4 Å². The molecule has 0 radical (unpaired) electrons. The predicted molar refractivity (Wildman–Crippen MR) is 68.3 cm³/mol. The Balaban J connectivity index is 2.19. The third-order valence-electron chi connectivity index (χ3n) is 2.32. The van der Waals surface area contributed by atoms with Crippen molar-refractivity contribution >= 4 is 34.4 Å². The molecular formula is C11H11ClN2OS. The van der Waals surface area contributed by atoms with Gasteiger partial charge in [0.2, 0.25) is 0 Å². The molecule has 2 rings (SSSR count). The molecule has 0 spiro atoms. The summed E-state index contributed by atoms with van der Waals surface area (Å²) in [5, 5.41) is 1.43. The normalized spacial score (nSPS) is 15.1. The van der Waals surface area contributed by atoms with Crippen LogP contribution in [0.25, 0.3) is 0 Å². The number of hydrogen-bond acceptors (Lipinski definition) is 3. The van der Waals surface area contributed by atoms with Gasteiger partial charge in [-0.25, -0.2) is 0 Å². The first-order chi connectivity index (χ1) is 7.72. The molecule has 0 aromatic heterocycles. The van der Waals surface area contributed by atoms with Crippen LogP contribution in [-0.4, -0.2) is 35.3 Å². The monoisotopic (exact) mass is 254 g/mol. The van der Waals surface area contributed by atoms with Gasteiger partial charge in [0.15, 0.2) is 5.17 Å². The average molecular weight is 255 g/mol. The number of carbonyl (C=O) groups excluding carboxylic acids is 1. The van der Waals surface area contributed by atoms with Gasteiger partial charge in [-0.3, -0.25) is 14.7 Å². The second kappa shape index (κ2) is 4.89. The maximum Gasteiger partial charge on any atom is 0.259 e. The van der Waals surface area contributed by atoms with Gasteiger partial charge < -0.3 is 0 Å². The van der Waals surface area contributed by atoms with Gasteiger partial charge in [0.25, 0.3) is 5.91 Å². The van der Waals surface area contributed by atoms with Crippen LogP contribution in [0.15, 0.2) is 29.3 Å². The molecule has 84 valence electrons. The van der Waals surface area contributed by atoms with Crippen LogP contribution in [0.4, 0.5) is 0 Å². The van der Waals surface area contributed by atoms with Gasteiger partial charge in [-0.2, -0.15) is 0 Å². The summed E-state index contributed by atoms with van der Waals surface area (Å²) in [7, 11) is 0. The van der Waals surface area contributed by atoms with Crippen LogP contribution < -0.4 is 0 Å². The van der Waals surface area contributed by atoms with Crippen LogP contribution >= 0.6 is 23.4 Å². The molecule has 3 nitrogen and oxygen atoms in total. The van der Waals surface area contributed by atoms with E-state index in [0.29, 0.717) is 23.7 Å². The van der Waals surface area contributed by atoms with E-state index in [2.05, 4.69) is 4.99 Å². The van der Waals surface area contributed by atoms with E-state index in [1.807, 2.05) is 6.26 Å². The standard InChI is InChI=1S/C11H11ClN2OS/c1-16-11-13-6-7-14(11)10(15)8-2-4-9(12)5-3-8/h2-5H,6-7H2,1H3. The maximum atomic E-state index is 12.1. The van der Waals surface area contributed by atoms with Crippen molar-refractivity contribution in [2.45, 2.75) is 0 Å². The summed E-state index contributed by atoms with van der Waals surface area (Å²) in [4.78, 5) is 18.1. The first-order valence-corrected chi connectivity index (χ1v) is 6.48. The summed E-state index contributed by atoms with van der Waals surface area (Å²) in [5.41, 5.74) is 0.646. The molecule has 16 heavy (non-hydrogen) atoms. The minimum atomic E-state index is -0.0118. The lowest BCUT2D eigenvalue weighted by atomic mass is 10.2. The van der Waals surface area contributed by atoms with Crippen LogP contribution in [0.3, 0.4) is 0 Å². The Morgan fingerprint density at radius 2 is 2.12 bits per heavy atom. The fraction of sp³-hybridized carbons (Fsp3) is 0.273. The quantitative estimate of drug-likeness (QED) is 0.772. The topological polar surface area (TPSA) is 32.7 Å². The summed E-state index contributed by atoms with van der Waals surface area (Å²) in [6.07, 6.45) is 1.92. The van der Waals surface area contributed by atoms with Crippen molar-refractivity contribution < 1.29 is 4.79 Å². The zero-order valence-corrected chi connectivity index (χ0v) is 10.4. The maximum absolute atomic E-state index is 12.1. The van der Waals surface area contributed by atoms with E-state index in [-0.39, 0.29) is 5.91 Å². The van der Waals surface area contributed by atoms with E-state index in [1.54, 1.807) is 29.2 Å². The van der Waals surface area contributed by atoms with Gasteiger partial charge in [0.1, 0.15) is 0 Å². The lowest BCUT2D eigenvalue weighted by Crippen LogP contribution is -2.32. The molecule has 5 heteroatoms. The molecule has 0 atom stereocenters. The third-order valence-corrected chi connectivity index (χ3v) is 3.29. The number of benzene rings is 1. The second-order valence-corrected chi connectivity index (χ2v) is 4.54. The number of rotatable bonds is 1. The zero-order chi connectivity index (χ0) is 11.5. The van der Waals surface area contributed by atoms with Gasteiger partial charge in [-0.05, 0) is 30.5 Å². The molecule has 0 saturated carbocycles. The lowest BCUT2D eigenvalue weighted by molar-refractivity contribution is 0.0860. The van der Waals surface area contributed by atoms with Crippen molar-refractivity contribution in [3.05, 3.63) is 34.9 Å². The highest BCUT2D eigenvalue weighted by atomic mass is 35.5.